The van der Waals surface area contributed by atoms with Crippen LogP contribution in [0.2, 0.25) is 0 Å². The lowest BCUT2D eigenvalue weighted by Gasteiger charge is -2.23. The second-order valence-corrected chi connectivity index (χ2v) is 7.58. The molecule has 25 heavy (non-hydrogen) atoms. The molecule has 2 aromatic heterocycles. The van der Waals surface area contributed by atoms with E-state index in [4.69, 9.17) is 0 Å². The average molecular weight is 373 g/mol. The third kappa shape index (κ3) is 4.66. The van der Waals surface area contributed by atoms with E-state index in [1.54, 1.807) is 17.5 Å². The highest BCUT2D eigenvalue weighted by atomic mass is 32.1. The molecule has 0 aliphatic carbocycles. The van der Waals surface area contributed by atoms with Crippen molar-refractivity contribution in [3.8, 4) is 10.6 Å². The molecule has 7 heteroatoms. The van der Waals surface area contributed by atoms with Crippen molar-refractivity contribution < 1.29 is 4.79 Å². The van der Waals surface area contributed by atoms with Crippen molar-refractivity contribution >= 4 is 33.7 Å². The van der Waals surface area contributed by atoms with Gasteiger partial charge in [-0.15, -0.1) is 0 Å². The summed E-state index contributed by atoms with van der Waals surface area (Å²) in [4.78, 5) is 18.7. The van der Waals surface area contributed by atoms with Crippen LogP contribution in [-0.4, -0.2) is 36.6 Å². The number of carbonyl (C=O) groups is 1. The molecule has 0 unspecified atom stereocenters. The lowest BCUT2D eigenvalue weighted by atomic mass is 10.1. The monoisotopic (exact) mass is 372 g/mol. The van der Waals surface area contributed by atoms with Gasteiger partial charge in [0.15, 0.2) is 0 Å². The van der Waals surface area contributed by atoms with E-state index in [0.29, 0.717) is 6.54 Å². The highest BCUT2D eigenvalue weighted by Gasteiger charge is 2.16. The van der Waals surface area contributed by atoms with Crippen molar-refractivity contribution in [2.75, 3.05) is 26.0 Å². The van der Waals surface area contributed by atoms with E-state index in [9.17, 15) is 4.79 Å². The minimum Gasteiger partial charge on any atom is -0.336 e. The Hall–Kier alpha value is -2.22. The predicted molar refractivity (Wildman–Crippen MR) is 105 cm³/mol. The number of likely N-dealkylation sites (N-methyl/N-ethyl adjacent to an activating group) is 1. The largest absolute Gasteiger partial charge is 0.336 e. The molecule has 0 bridgehead atoms. The molecule has 0 aliphatic rings. The SMILES string of the molecule is CN(C)[C@@H](CNC(=O)Nc1cnc(-c2ccccc2)s1)c1ccsc1. The van der Waals surface area contributed by atoms with Gasteiger partial charge in [-0.1, -0.05) is 41.7 Å². The van der Waals surface area contributed by atoms with E-state index in [1.165, 1.54) is 16.9 Å². The highest BCUT2D eigenvalue weighted by Crippen LogP contribution is 2.28. The lowest BCUT2D eigenvalue weighted by Crippen LogP contribution is -2.36. The number of thiazole rings is 1. The fraction of sp³-hybridized carbons (Fsp3) is 0.222. The number of hydrogen-bond donors (Lipinski definition) is 2. The van der Waals surface area contributed by atoms with Crippen LogP contribution in [0.3, 0.4) is 0 Å². The van der Waals surface area contributed by atoms with Crippen LogP contribution in [0.5, 0.6) is 0 Å². The van der Waals surface area contributed by atoms with E-state index < -0.39 is 0 Å². The standard InChI is InChI=1S/C18H20N4OS2/c1-22(2)15(14-8-9-24-12-14)10-20-18(23)21-16-11-19-17(25-16)13-6-4-3-5-7-13/h3-9,11-12,15H,10H2,1-2H3,(H2,20,21,23)/t15-/m0/s1. The predicted octanol–water partition coefficient (Wildman–Crippen LogP) is 4.30. The average Bonchev–Trinajstić information content (AvgIpc) is 3.28. The maximum absolute atomic E-state index is 12.2. The minimum atomic E-state index is -0.217. The summed E-state index contributed by atoms with van der Waals surface area (Å²) in [6, 6.07) is 12.0. The summed E-state index contributed by atoms with van der Waals surface area (Å²) in [6.45, 7) is 0.542. The number of thiophene rings is 1. The van der Waals surface area contributed by atoms with Gasteiger partial charge in [-0.3, -0.25) is 5.32 Å². The summed E-state index contributed by atoms with van der Waals surface area (Å²) in [5, 5.41) is 11.6. The molecule has 0 spiro atoms. The number of rotatable bonds is 6. The fourth-order valence-electron chi connectivity index (χ4n) is 2.45. The van der Waals surface area contributed by atoms with Gasteiger partial charge in [-0.05, 0) is 36.5 Å². The molecule has 2 heterocycles. The Morgan fingerprint density at radius 2 is 2.04 bits per heavy atom. The molecular weight excluding hydrogens is 352 g/mol. The topological polar surface area (TPSA) is 57.3 Å². The molecule has 1 atom stereocenters. The highest BCUT2D eigenvalue weighted by molar-refractivity contribution is 7.19. The van der Waals surface area contributed by atoms with Crippen LogP contribution in [-0.2, 0) is 0 Å². The lowest BCUT2D eigenvalue weighted by molar-refractivity contribution is 0.243. The minimum absolute atomic E-state index is 0.151. The van der Waals surface area contributed by atoms with Gasteiger partial charge in [0, 0.05) is 12.1 Å². The molecule has 0 radical (unpaired) electrons. The smallest absolute Gasteiger partial charge is 0.319 e. The van der Waals surface area contributed by atoms with Crippen LogP contribution in [0.1, 0.15) is 11.6 Å². The molecule has 2 N–H and O–H groups in total. The molecule has 3 aromatic rings. The van der Waals surface area contributed by atoms with Crippen molar-refractivity contribution in [2.45, 2.75) is 6.04 Å². The number of nitrogens with zero attached hydrogens (tertiary/aromatic N) is 2. The quantitative estimate of drug-likeness (QED) is 0.678. The number of nitrogens with one attached hydrogen (secondary N) is 2. The molecule has 2 amide bonds. The third-order valence-corrected chi connectivity index (χ3v) is 5.43. The molecule has 0 aliphatic heterocycles. The third-order valence-electron chi connectivity index (χ3n) is 3.77. The zero-order valence-electron chi connectivity index (χ0n) is 14.1. The van der Waals surface area contributed by atoms with Crippen LogP contribution < -0.4 is 10.6 Å². The van der Waals surface area contributed by atoms with E-state index in [1.807, 2.05) is 49.8 Å². The van der Waals surface area contributed by atoms with Gasteiger partial charge < -0.3 is 10.2 Å². The molecule has 1 aromatic carbocycles. The number of urea groups is 1. The first-order chi connectivity index (χ1) is 12.1. The van der Waals surface area contributed by atoms with Crippen LogP contribution in [0.15, 0.2) is 53.4 Å². The number of benzene rings is 1. The van der Waals surface area contributed by atoms with E-state index in [2.05, 4.69) is 32.0 Å². The molecule has 0 saturated heterocycles. The van der Waals surface area contributed by atoms with Crippen molar-refractivity contribution in [2.24, 2.45) is 0 Å². The Morgan fingerprint density at radius 3 is 2.72 bits per heavy atom. The first-order valence-electron chi connectivity index (χ1n) is 7.88. The number of aromatic nitrogens is 1. The molecule has 5 nitrogen and oxygen atoms in total. The zero-order chi connectivity index (χ0) is 17.6. The van der Waals surface area contributed by atoms with Gasteiger partial charge in [0.2, 0.25) is 0 Å². The Labute approximate surface area is 155 Å². The van der Waals surface area contributed by atoms with Gasteiger partial charge in [-0.2, -0.15) is 11.3 Å². The van der Waals surface area contributed by atoms with Gasteiger partial charge in [0.05, 0.1) is 12.2 Å². The summed E-state index contributed by atoms with van der Waals surface area (Å²) < 4.78 is 0. The molecule has 0 saturated carbocycles. The second-order valence-electron chi connectivity index (χ2n) is 5.77. The molecular formula is C18H20N4OS2. The number of amides is 2. The van der Waals surface area contributed by atoms with Gasteiger partial charge in [-0.25, -0.2) is 9.78 Å². The Kier molecular flexibility index (Phi) is 5.80. The Morgan fingerprint density at radius 1 is 1.24 bits per heavy atom. The van der Waals surface area contributed by atoms with Crippen molar-refractivity contribution in [1.29, 1.82) is 0 Å². The number of anilines is 1. The maximum Gasteiger partial charge on any atom is 0.319 e. The van der Waals surface area contributed by atoms with Gasteiger partial charge >= 0.3 is 6.03 Å². The normalized spacial score (nSPS) is 12.1. The maximum atomic E-state index is 12.2. The fourth-order valence-corrected chi connectivity index (χ4v) is 3.98. The summed E-state index contributed by atoms with van der Waals surface area (Å²) in [5.74, 6) is 0. The molecule has 130 valence electrons. The second kappa shape index (κ2) is 8.24. The van der Waals surface area contributed by atoms with Crippen molar-refractivity contribution in [3.63, 3.8) is 0 Å². The van der Waals surface area contributed by atoms with Crippen molar-refractivity contribution in [1.82, 2.24) is 15.2 Å². The van der Waals surface area contributed by atoms with Crippen LogP contribution >= 0.6 is 22.7 Å². The zero-order valence-corrected chi connectivity index (χ0v) is 15.7. The van der Waals surface area contributed by atoms with Crippen LogP contribution in [0.4, 0.5) is 9.80 Å². The van der Waals surface area contributed by atoms with E-state index >= 15 is 0 Å². The number of hydrogen-bond acceptors (Lipinski definition) is 5. The number of carbonyl (C=O) groups excluding carboxylic acids is 1. The van der Waals surface area contributed by atoms with Gasteiger partial charge in [0.1, 0.15) is 10.0 Å². The Balaban J connectivity index is 1.57. The van der Waals surface area contributed by atoms with Gasteiger partial charge in [0.25, 0.3) is 0 Å². The summed E-state index contributed by atoms with van der Waals surface area (Å²) >= 11 is 3.12. The van der Waals surface area contributed by atoms with Crippen molar-refractivity contribution in [3.05, 3.63) is 58.9 Å². The van der Waals surface area contributed by atoms with Crippen LogP contribution in [0.25, 0.3) is 10.6 Å². The summed E-state index contributed by atoms with van der Waals surface area (Å²) in [7, 11) is 4.02. The van der Waals surface area contributed by atoms with E-state index in [-0.39, 0.29) is 12.1 Å². The first-order valence-corrected chi connectivity index (χ1v) is 9.64. The molecule has 3 rings (SSSR count). The first kappa shape index (κ1) is 17.6. The molecule has 0 fully saturated rings. The summed E-state index contributed by atoms with van der Waals surface area (Å²) in [5.41, 5.74) is 2.26. The Bertz CT molecular complexity index is 800. The van der Waals surface area contributed by atoms with Crippen LogP contribution in [0, 0.1) is 0 Å². The van der Waals surface area contributed by atoms with E-state index in [0.717, 1.165) is 15.6 Å². The summed E-state index contributed by atoms with van der Waals surface area (Å²) in [6.07, 6.45) is 1.69.